The summed E-state index contributed by atoms with van der Waals surface area (Å²) in [7, 11) is 1.53. The van der Waals surface area contributed by atoms with E-state index in [1.54, 1.807) is 36.4 Å². The molecule has 1 saturated carbocycles. The lowest BCUT2D eigenvalue weighted by molar-refractivity contribution is 0.477. The molecule has 0 saturated heterocycles. The number of nitrogens with one attached hydrogen (secondary N) is 1. The molecule has 0 atom stereocenters. The predicted molar refractivity (Wildman–Crippen MR) is 126 cm³/mol. The molecule has 0 spiro atoms. The van der Waals surface area contributed by atoms with Crippen LogP contribution in [-0.4, -0.2) is 18.8 Å². The minimum Gasteiger partial charge on any atom is -0.506 e. The van der Waals surface area contributed by atoms with Gasteiger partial charge in [-0.25, -0.2) is 9.36 Å². The number of aryl methyl sites for hydroxylation is 1. The van der Waals surface area contributed by atoms with E-state index >= 15 is 0 Å². The first-order valence-corrected chi connectivity index (χ1v) is 10.9. The van der Waals surface area contributed by atoms with Crippen LogP contribution in [0.1, 0.15) is 18.9 Å². The molecule has 2 aromatic carbocycles. The van der Waals surface area contributed by atoms with Crippen LogP contribution in [0.4, 0.5) is 11.4 Å². The fourth-order valence-electron chi connectivity index (χ4n) is 3.88. The van der Waals surface area contributed by atoms with Gasteiger partial charge in [0.05, 0.1) is 17.1 Å². The Morgan fingerprint density at radius 1 is 1.00 bits per heavy atom. The van der Waals surface area contributed by atoms with E-state index in [0.29, 0.717) is 15.8 Å². The van der Waals surface area contributed by atoms with Crippen molar-refractivity contribution in [2.75, 3.05) is 5.32 Å². The minimum atomic E-state index is -0.477. The van der Waals surface area contributed by atoms with E-state index in [-0.39, 0.29) is 28.5 Å². The number of aromatic hydroxyl groups is 1. The van der Waals surface area contributed by atoms with Crippen molar-refractivity contribution in [3.63, 3.8) is 0 Å². The molecule has 32 heavy (non-hydrogen) atoms. The Kier molecular flexibility index (Phi) is 4.78. The van der Waals surface area contributed by atoms with Crippen molar-refractivity contribution >= 4 is 38.3 Å². The molecule has 0 aliphatic heterocycles. The molecular weight excluding hydrogens is 476 g/mol. The first-order chi connectivity index (χ1) is 15.4. The van der Waals surface area contributed by atoms with Gasteiger partial charge in [-0.2, -0.15) is 0 Å². The summed E-state index contributed by atoms with van der Waals surface area (Å²) < 4.78 is 4.66. The van der Waals surface area contributed by atoms with Crippen molar-refractivity contribution in [2.45, 2.75) is 18.9 Å². The fourth-order valence-corrected chi connectivity index (χ4v) is 4.23. The molecule has 2 heterocycles. The summed E-state index contributed by atoms with van der Waals surface area (Å²) in [5.41, 5.74) is -0.0406. The number of halogens is 1. The highest BCUT2D eigenvalue weighted by molar-refractivity contribution is 9.10. The lowest BCUT2D eigenvalue weighted by Gasteiger charge is -2.19. The van der Waals surface area contributed by atoms with Crippen molar-refractivity contribution in [3.05, 3.63) is 90.3 Å². The molecule has 162 valence electrons. The van der Waals surface area contributed by atoms with Crippen LogP contribution < -0.4 is 22.1 Å². The molecule has 8 nitrogen and oxygen atoms in total. The number of phenols is 1. The summed E-state index contributed by atoms with van der Waals surface area (Å²) in [6, 6.07) is 14.9. The Hall–Kier alpha value is -3.59. The van der Waals surface area contributed by atoms with Gasteiger partial charge in [-0.3, -0.25) is 18.7 Å². The van der Waals surface area contributed by atoms with E-state index in [2.05, 4.69) is 21.2 Å². The van der Waals surface area contributed by atoms with Gasteiger partial charge in [0.25, 0.3) is 11.1 Å². The number of anilines is 2. The van der Waals surface area contributed by atoms with Crippen molar-refractivity contribution in [2.24, 2.45) is 7.05 Å². The van der Waals surface area contributed by atoms with Crippen molar-refractivity contribution in [3.8, 4) is 11.4 Å². The third-order valence-corrected chi connectivity index (χ3v) is 6.10. The van der Waals surface area contributed by atoms with Gasteiger partial charge in [-0.05, 0) is 43.2 Å². The van der Waals surface area contributed by atoms with E-state index in [0.717, 1.165) is 12.8 Å². The average molecular weight is 495 g/mol. The van der Waals surface area contributed by atoms with E-state index in [1.165, 1.54) is 32.9 Å². The van der Waals surface area contributed by atoms with Gasteiger partial charge in [0.2, 0.25) is 0 Å². The van der Waals surface area contributed by atoms with Gasteiger partial charge < -0.3 is 10.4 Å². The Balaban J connectivity index is 1.90. The van der Waals surface area contributed by atoms with Gasteiger partial charge in [0, 0.05) is 23.6 Å². The second kappa shape index (κ2) is 7.52. The Labute approximate surface area is 190 Å². The normalized spacial score (nSPS) is 13.4. The average Bonchev–Trinajstić information content (AvgIpc) is 3.59. The summed E-state index contributed by atoms with van der Waals surface area (Å²) in [5.74, 6) is -0.0490. The zero-order chi connectivity index (χ0) is 22.6. The van der Waals surface area contributed by atoms with Crippen molar-refractivity contribution in [1.29, 1.82) is 0 Å². The summed E-state index contributed by atoms with van der Waals surface area (Å²) >= 11 is 3.30. The van der Waals surface area contributed by atoms with E-state index in [1.807, 2.05) is 6.07 Å². The van der Waals surface area contributed by atoms with E-state index in [4.69, 9.17) is 0 Å². The van der Waals surface area contributed by atoms with Crippen LogP contribution in [0.2, 0.25) is 0 Å². The van der Waals surface area contributed by atoms with Gasteiger partial charge in [-0.15, -0.1) is 0 Å². The highest BCUT2D eigenvalue weighted by Crippen LogP contribution is 2.34. The highest BCUT2D eigenvalue weighted by Gasteiger charge is 2.30. The lowest BCUT2D eigenvalue weighted by atomic mass is 10.2. The van der Waals surface area contributed by atoms with Crippen LogP contribution in [0, 0.1) is 0 Å². The van der Waals surface area contributed by atoms with Crippen LogP contribution in [0.5, 0.6) is 5.75 Å². The SMILES string of the molecule is Cn1c(=O)cc(Nc2ccc(Br)cc2O)c2c(=O)n(C3CC3)c(=O)n(-c3ccccc3)c21. The quantitative estimate of drug-likeness (QED) is 0.423. The van der Waals surface area contributed by atoms with Gasteiger partial charge >= 0.3 is 5.69 Å². The third-order valence-electron chi connectivity index (χ3n) is 5.61. The zero-order valence-electron chi connectivity index (χ0n) is 17.1. The number of para-hydroxylation sites is 1. The molecular formula is C23H19BrN4O4. The molecule has 1 aliphatic rings. The van der Waals surface area contributed by atoms with E-state index < -0.39 is 16.8 Å². The lowest BCUT2D eigenvalue weighted by Crippen LogP contribution is -2.41. The minimum absolute atomic E-state index is 0.0490. The number of phenolic OH excluding ortho intramolecular Hbond substituents is 1. The maximum absolute atomic E-state index is 13.6. The van der Waals surface area contributed by atoms with Crippen LogP contribution >= 0.6 is 15.9 Å². The molecule has 1 fully saturated rings. The second-order valence-electron chi connectivity index (χ2n) is 7.80. The molecule has 0 amide bonds. The second-order valence-corrected chi connectivity index (χ2v) is 8.72. The highest BCUT2D eigenvalue weighted by atomic mass is 79.9. The predicted octanol–water partition coefficient (Wildman–Crippen LogP) is 3.40. The number of rotatable bonds is 4. The third kappa shape index (κ3) is 3.25. The molecule has 2 aromatic heterocycles. The van der Waals surface area contributed by atoms with Crippen LogP contribution in [-0.2, 0) is 7.05 Å². The van der Waals surface area contributed by atoms with E-state index in [9.17, 15) is 19.5 Å². The number of nitrogens with zero attached hydrogens (tertiary/aromatic N) is 3. The standard InChI is InChI=1S/C23H19BrN4O4/c1-26-19(30)12-17(25-16-10-7-13(24)11-18(16)29)20-21(26)27(14-5-3-2-4-6-14)23(32)28(22(20)31)15-8-9-15/h2-7,10-12,15,25,29H,8-9H2,1H3. The van der Waals surface area contributed by atoms with Crippen molar-refractivity contribution in [1.82, 2.24) is 13.7 Å². The Morgan fingerprint density at radius 3 is 2.38 bits per heavy atom. The molecule has 0 bridgehead atoms. The number of fused-ring (bicyclic) bond motifs is 1. The Morgan fingerprint density at radius 2 is 1.72 bits per heavy atom. The first kappa shape index (κ1) is 20.3. The summed E-state index contributed by atoms with van der Waals surface area (Å²) in [5, 5.41) is 13.6. The molecule has 1 aliphatic carbocycles. The van der Waals surface area contributed by atoms with Gasteiger partial charge in [0.1, 0.15) is 16.8 Å². The molecule has 2 N–H and O–H groups in total. The number of pyridine rings is 1. The van der Waals surface area contributed by atoms with Gasteiger partial charge in [-0.1, -0.05) is 34.1 Å². The molecule has 0 unspecified atom stereocenters. The summed E-state index contributed by atoms with van der Waals surface area (Å²) in [6.45, 7) is 0. The van der Waals surface area contributed by atoms with Crippen LogP contribution in [0.3, 0.4) is 0 Å². The van der Waals surface area contributed by atoms with Crippen molar-refractivity contribution < 1.29 is 5.11 Å². The topological polar surface area (TPSA) is 98.3 Å². The summed E-state index contributed by atoms with van der Waals surface area (Å²) in [4.78, 5) is 39.9. The van der Waals surface area contributed by atoms with Crippen LogP contribution in [0.25, 0.3) is 16.7 Å². The maximum Gasteiger partial charge on any atom is 0.337 e. The number of benzene rings is 2. The number of hydrogen-bond acceptors (Lipinski definition) is 5. The maximum atomic E-state index is 13.6. The smallest absolute Gasteiger partial charge is 0.337 e. The molecule has 0 radical (unpaired) electrons. The number of aromatic nitrogens is 3. The first-order valence-electron chi connectivity index (χ1n) is 10.1. The summed E-state index contributed by atoms with van der Waals surface area (Å²) in [6.07, 6.45) is 1.49. The number of hydrogen-bond donors (Lipinski definition) is 2. The Bertz CT molecular complexity index is 1550. The largest absolute Gasteiger partial charge is 0.506 e. The van der Waals surface area contributed by atoms with Gasteiger partial charge in [0.15, 0.2) is 0 Å². The molecule has 9 heteroatoms. The monoisotopic (exact) mass is 494 g/mol. The fraction of sp³-hybridized carbons (Fsp3) is 0.174. The van der Waals surface area contributed by atoms with Crippen LogP contribution in [0.15, 0.2) is 73.5 Å². The molecule has 5 rings (SSSR count). The molecule has 4 aromatic rings. The zero-order valence-corrected chi connectivity index (χ0v) is 18.7.